The molecule has 0 bridgehead atoms. The number of thioether (sulfide) groups is 1. The minimum Gasteiger partial charge on any atom is -0.467 e. The van der Waals surface area contributed by atoms with E-state index in [4.69, 9.17) is 22.2 Å². The Bertz CT molecular complexity index is 796. The van der Waals surface area contributed by atoms with Gasteiger partial charge in [0.25, 0.3) is 0 Å². The summed E-state index contributed by atoms with van der Waals surface area (Å²) in [5.74, 6) is 5.72. The van der Waals surface area contributed by atoms with Gasteiger partial charge >= 0.3 is 5.97 Å². The lowest BCUT2D eigenvalue weighted by Gasteiger charge is -2.21. The summed E-state index contributed by atoms with van der Waals surface area (Å²) in [7, 11) is 1.30. The number of hydrogen-bond acceptors (Lipinski definition) is 7. The van der Waals surface area contributed by atoms with Crippen molar-refractivity contribution in [1.82, 2.24) is 20.2 Å². The lowest BCUT2D eigenvalue weighted by atomic mass is 9.99. The van der Waals surface area contributed by atoms with Crippen LogP contribution in [0.4, 0.5) is 0 Å². The second kappa shape index (κ2) is 9.61. The topological polar surface area (TPSA) is 112 Å². The number of carbonyl (C=O) groups is 2. The monoisotopic (exact) mass is 411 g/mol. The molecule has 1 aromatic heterocycles. The van der Waals surface area contributed by atoms with Crippen LogP contribution in [0.5, 0.6) is 0 Å². The van der Waals surface area contributed by atoms with Crippen LogP contribution in [0.1, 0.15) is 20.3 Å². The first-order chi connectivity index (χ1) is 12.9. The number of nitrogens with zero attached hydrogens (tertiary/aromatic N) is 3. The molecule has 3 N–H and O–H groups in total. The first-order valence-corrected chi connectivity index (χ1v) is 9.70. The predicted octanol–water partition coefficient (Wildman–Crippen LogP) is 2.11. The molecule has 1 aromatic carbocycles. The third-order valence-corrected chi connectivity index (χ3v) is 5.28. The molecule has 0 radical (unpaired) electrons. The van der Waals surface area contributed by atoms with Gasteiger partial charge in [-0.15, -0.1) is 10.2 Å². The SMILES string of the molecule is CC[C@H](C)[C@H](NC(=O)CSc1nnc(-c2ccc(Cl)cc2)n1N)C(=O)OC. The zero-order valence-corrected chi connectivity index (χ0v) is 16.9. The number of amides is 1. The highest BCUT2D eigenvalue weighted by Crippen LogP contribution is 2.23. The summed E-state index contributed by atoms with van der Waals surface area (Å²) in [4.78, 5) is 24.1. The van der Waals surface area contributed by atoms with Crippen molar-refractivity contribution in [2.45, 2.75) is 31.5 Å². The zero-order valence-electron chi connectivity index (χ0n) is 15.3. The van der Waals surface area contributed by atoms with Gasteiger partial charge in [0.15, 0.2) is 5.82 Å². The maximum absolute atomic E-state index is 12.2. The molecule has 2 aromatic rings. The van der Waals surface area contributed by atoms with E-state index in [-0.39, 0.29) is 17.6 Å². The Morgan fingerprint density at radius 1 is 1.33 bits per heavy atom. The Kier molecular flexibility index (Phi) is 7.49. The van der Waals surface area contributed by atoms with Crippen molar-refractivity contribution in [2.24, 2.45) is 5.92 Å². The molecule has 0 saturated heterocycles. The van der Waals surface area contributed by atoms with E-state index in [1.54, 1.807) is 24.3 Å². The lowest BCUT2D eigenvalue weighted by molar-refractivity contribution is -0.146. The summed E-state index contributed by atoms with van der Waals surface area (Å²) in [6.45, 7) is 3.82. The fourth-order valence-corrected chi connectivity index (χ4v) is 3.11. The van der Waals surface area contributed by atoms with Crippen LogP contribution in [0.2, 0.25) is 5.02 Å². The van der Waals surface area contributed by atoms with Crippen molar-refractivity contribution < 1.29 is 14.3 Å². The van der Waals surface area contributed by atoms with Crippen molar-refractivity contribution in [3.8, 4) is 11.4 Å². The number of esters is 1. The van der Waals surface area contributed by atoms with Gasteiger partial charge in [-0.1, -0.05) is 43.6 Å². The van der Waals surface area contributed by atoms with Crippen LogP contribution < -0.4 is 11.2 Å². The minimum atomic E-state index is -0.687. The second-order valence-corrected chi connectivity index (χ2v) is 7.30. The number of benzene rings is 1. The quantitative estimate of drug-likeness (QED) is 0.388. The molecule has 2 rings (SSSR count). The predicted molar refractivity (Wildman–Crippen MR) is 105 cm³/mol. The normalized spacial score (nSPS) is 13.0. The number of carbonyl (C=O) groups excluding carboxylic acids is 2. The highest BCUT2D eigenvalue weighted by atomic mass is 35.5. The fraction of sp³-hybridized carbons (Fsp3) is 0.412. The number of ether oxygens (including phenoxy) is 1. The average Bonchev–Trinajstić information content (AvgIpc) is 3.04. The van der Waals surface area contributed by atoms with Gasteiger partial charge in [0.1, 0.15) is 6.04 Å². The standard InChI is InChI=1S/C17H22ClN5O3S/c1-4-10(2)14(16(25)26-3)20-13(24)9-27-17-22-21-15(23(17)19)11-5-7-12(18)8-6-11/h5-8,10,14H,4,9,19H2,1-3H3,(H,20,24)/t10-,14-/m0/s1. The molecule has 1 amide bonds. The van der Waals surface area contributed by atoms with Crippen LogP contribution in [0, 0.1) is 5.92 Å². The Morgan fingerprint density at radius 2 is 2.00 bits per heavy atom. The summed E-state index contributed by atoms with van der Waals surface area (Å²) in [6, 6.07) is 6.34. The number of rotatable bonds is 8. The molecule has 0 aliphatic heterocycles. The van der Waals surface area contributed by atoms with Crippen LogP contribution in [-0.4, -0.2) is 45.7 Å². The van der Waals surface area contributed by atoms with E-state index in [2.05, 4.69) is 15.5 Å². The van der Waals surface area contributed by atoms with E-state index < -0.39 is 12.0 Å². The maximum atomic E-state index is 12.2. The van der Waals surface area contributed by atoms with Crippen molar-refractivity contribution in [3.63, 3.8) is 0 Å². The van der Waals surface area contributed by atoms with Gasteiger partial charge in [-0.2, -0.15) is 0 Å². The Morgan fingerprint density at radius 3 is 2.59 bits per heavy atom. The molecule has 146 valence electrons. The van der Waals surface area contributed by atoms with Gasteiger partial charge in [0.2, 0.25) is 11.1 Å². The summed E-state index contributed by atoms with van der Waals surface area (Å²) >= 11 is 7.01. The molecular formula is C17H22ClN5O3S. The van der Waals surface area contributed by atoms with Gasteiger partial charge in [0, 0.05) is 10.6 Å². The molecule has 0 aliphatic carbocycles. The van der Waals surface area contributed by atoms with E-state index in [0.29, 0.717) is 16.0 Å². The molecule has 0 spiro atoms. The molecule has 0 saturated carbocycles. The van der Waals surface area contributed by atoms with E-state index in [1.165, 1.54) is 11.8 Å². The van der Waals surface area contributed by atoms with E-state index in [9.17, 15) is 9.59 Å². The minimum absolute atomic E-state index is 0.0407. The number of aromatic nitrogens is 3. The van der Waals surface area contributed by atoms with Gasteiger partial charge in [0.05, 0.1) is 12.9 Å². The summed E-state index contributed by atoms with van der Waals surface area (Å²) in [6.07, 6.45) is 0.731. The van der Waals surface area contributed by atoms with Crippen LogP contribution in [-0.2, 0) is 14.3 Å². The van der Waals surface area contributed by atoms with Crippen LogP contribution in [0.25, 0.3) is 11.4 Å². The Balaban J connectivity index is 2.01. The van der Waals surface area contributed by atoms with Gasteiger partial charge < -0.3 is 15.9 Å². The molecule has 27 heavy (non-hydrogen) atoms. The molecule has 8 nitrogen and oxygen atoms in total. The highest BCUT2D eigenvalue weighted by molar-refractivity contribution is 7.99. The van der Waals surface area contributed by atoms with Gasteiger partial charge in [-0.05, 0) is 30.2 Å². The largest absolute Gasteiger partial charge is 0.467 e. The third kappa shape index (κ3) is 5.36. The highest BCUT2D eigenvalue weighted by Gasteiger charge is 2.26. The fourth-order valence-electron chi connectivity index (χ4n) is 2.31. The zero-order chi connectivity index (χ0) is 20.0. The van der Waals surface area contributed by atoms with Gasteiger partial charge in [-0.3, -0.25) is 4.79 Å². The van der Waals surface area contributed by atoms with Crippen LogP contribution >= 0.6 is 23.4 Å². The van der Waals surface area contributed by atoms with E-state index >= 15 is 0 Å². The van der Waals surface area contributed by atoms with Crippen LogP contribution in [0.3, 0.4) is 0 Å². The van der Waals surface area contributed by atoms with Crippen molar-refractivity contribution in [2.75, 3.05) is 18.7 Å². The lowest BCUT2D eigenvalue weighted by Crippen LogP contribution is -2.46. The number of nitrogens with one attached hydrogen (secondary N) is 1. The summed E-state index contributed by atoms with van der Waals surface area (Å²) in [5, 5.41) is 11.8. The smallest absolute Gasteiger partial charge is 0.328 e. The Labute approximate surface area is 166 Å². The molecule has 0 aliphatic rings. The third-order valence-electron chi connectivity index (χ3n) is 4.08. The molecular weight excluding hydrogens is 390 g/mol. The first kappa shape index (κ1) is 21.0. The molecule has 0 unspecified atom stereocenters. The number of nitrogen functional groups attached to an aromatic ring is 1. The van der Waals surface area contributed by atoms with E-state index in [0.717, 1.165) is 23.7 Å². The molecule has 2 atom stereocenters. The average molecular weight is 412 g/mol. The number of methoxy groups -OCH3 is 1. The van der Waals surface area contributed by atoms with Gasteiger partial charge in [-0.25, -0.2) is 9.47 Å². The summed E-state index contributed by atoms with van der Waals surface area (Å²) < 4.78 is 6.08. The summed E-state index contributed by atoms with van der Waals surface area (Å²) in [5.41, 5.74) is 0.758. The Hall–Kier alpha value is -2.26. The van der Waals surface area contributed by atoms with E-state index in [1.807, 2.05) is 13.8 Å². The van der Waals surface area contributed by atoms with Crippen molar-refractivity contribution >= 4 is 35.2 Å². The number of nitrogens with two attached hydrogens (primary N) is 1. The maximum Gasteiger partial charge on any atom is 0.328 e. The number of hydrogen-bond donors (Lipinski definition) is 2. The van der Waals surface area contributed by atoms with Crippen LogP contribution in [0.15, 0.2) is 29.4 Å². The second-order valence-electron chi connectivity index (χ2n) is 5.93. The van der Waals surface area contributed by atoms with Crippen molar-refractivity contribution in [3.05, 3.63) is 29.3 Å². The molecule has 10 heteroatoms. The van der Waals surface area contributed by atoms with Crippen molar-refractivity contribution in [1.29, 1.82) is 0 Å². The molecule has 1 heterocycles. The molecule has 0 fully saturated rings. The first-order valence-electron chi connectivity index (χ1n) is 8.33. The number of halogens is 1.